The van der Waals surface area contributed by atoms with Crippen LogP contribution in [0.4, 0.5) is 4.39 Å². The number of esters is 1. The van der Waals surface area contributed by atoms with Crippen LogP contribution in [-0.4, -0.2) is 60.4 Å². The molecule has 0 bridgehead atoms. The Labute approximate surface area is 176 Å². The van der Waals surface area contributed by atoms with E-state index < -0.39 is 12.6 Å². The monoisotopic (exact) mass is 426 g/mol. The Balaban J connectivity index is 1.26. The molecule has 31 heavy (non-hydrogen) atoms. The van der Waals surface area contributed by atoms with Crippen LogP contribution in [0.3, 0.4) is 0 Å². The van der Waals surface area contributed by atoms with Gasteiger partial charge in [0, 0.05) is 31.7 Å². The van der Waals surface area contributed by atoms with Crippen LogP contribution in [0.5, 0.6) is 0 Å². The Morgan fingerprint density at radius 1 is 0.903 bits per heavy atom. The Kier molecular flexibility index (Phi) is 5.83. The van der Waals surface area contributed by atoms with Crippen molar-refractivity contribution in [3.8, 4) is 11.3 Å². The van der Waals surface area contributed by atoms with Gasteiger partial charge in [-0.1, -0.05) is 0 Å². The van der Waals surface area contributed by atoms with Gasteiger partial charge in [-0.15, -0.1) is 0 Å². The van der Waals surface area contributed by atoms with Crippen LogP contribution in [0.15, 0.2) is 63.6 Å². The lowest BCUT2D eigenvalue weighted by Gasteiger charge is -2.34. The van der Waals surface area contributed by atoms with Crippen LogP contribution < -0.4 is 0 Å². The molecule has 0 aliphatic carbocycles. The summed E-state index contributed by atoms with van der Waals surface area (Å²) in [5.74, 6) is -1.14. The number of rotatable bonds is 5. The van der Waals surface area contributed by atoms with Crippen LogP contribution in [0.1, 0.15) is 21.1 Å². The summed E-state index contributed by atoms with van der Waals surface area (Å²) >= 11 is 0. The third-order valence-electron chi connectivity index (χ3n) is 4.91. The number of hydrogen-bond acceptors (Lipinski definition) is 6. The highest BCUT2D eigenvalue weighted by atomic mass is 19.1. The maximum Gasteiger partial charge on any atom is 0.374 e. The summed E-state index contributed by atoms with van der Waals surface area (Å²) in [6.07, 6.45) is 1.43. The molecule has 3 heterocycles. The largest absolute Gasteiger partial charge is 0.459 e. The van der Waals surface area contributed by atoms with Crippen LogP contribution >= 0.6 is 0 Å². The van der Waals surface area contributed by atoms with E-state index in [1.54, 1.807) is 23.1 Å². The molecule has 1 saturated heterocycles. The van der Waals surface area contributed by atoms with Crippen molar-refractivity contribution in [3.63, 3.8) is 0 Å². The Bertz CT molecular complexity index is 1070. The van der Waals surface area contributed by atoms with Crippen LogP contribution in [0, 0.1) is 5.82 Å². The molecule has 0 unspecified atom stereocenters. The topological polar surface area (TPSA) is 93.2 Å². The van der Waals surface area contributed by atoms with E-state index in [0.717, 1.165) is 0 Å². The third-order valence-corrected chi connectivity index (χ3v) is 4.91. The number of nitrogens with zero attached hydrogens (tertiary/aromatic N) is 2. The predicted molar refractivity (Wildman–Crippen MR) is 106 cm³/mol. The van der Waals surface area contributed by atoms with Gasteiger partial charge in [-0.2, -0.15) is 0 Å². The highest BCUT2D eigenvalue weighted by Gasteiger charge is 2.27. The van der Waals surface area contributed by atoms with Gasteiger partial charge in [-0.05, 0) is 48.5 Å². The number of piperazine rings is 1. The van der Waals surface area contributed by atoms with Gasteiger partial charge in [0.25, 0.3) is 11.8 Å². The molecule has 1 aliphatic rings. The SMILES string of the molecule is O=C(OCC(=O)N1CCN(C(=O)c2ccco2)CC1)c1ccc(-c2ccc(F)cc2)o1. The Hall–Kier alpha value is -3.88. The minimum absolute atomic E-state index is 0.0546. The number of ether oxygens (including phenoxy) is 1. The molecule has 0 atom stereocenters. The molecule has 0 spiro atoms. The molecule has 0 saturated carbocycles. The third kappa shape index (κ3) is 4.66. The molecule has 4 rings (SSSR count). The summed E-state index contributed by atoms with van der Waals surface area (Å²) in [5, 5.41) is 0. The quantitative estimate of drug-likeness (QED) is 0.583. The standard InChI is InChI=1S/C22H19FN2O6/c23-16-5-3-15(4-6-16)17-7-8-19(31-17)22(28)30-14-20(26)24-9-11-25(12-10-24)21(27)18-2-1-13-29-18/h1-8,13H,9-12,14H2. The van der Waals surface area contributed by atoms with Crippen LogP contribution in [-0.2, 0) is 9.53 Å². The zero-order valence-corrected chi connectivity index (χ0v) is 16.5. The summed E-state index contributed by atoms with van der Waals surface area (Å²) < 4.78 is 28.7. The van der Waals surface area contributed by atoms with Gasteiger partial charge in [0.05, 0.1) is 6.26 Å². The molecule has 0 N–H and O–H groups in total. The summed E-state index contributed by atoms with van der Waals surface area (Å²) in [6, 6.07) is 11.9. The zero-order chi connectivity index (χ0) is 21.8. The van der Waals surface area contributed by atoms with Crippen LogP contribution in [0.25, 0.3) is 11.3 Å². The molecule has 1 aliphatic heterocycles. The van der Waals surface area contributed by atoms with E-state index in [2.05, 4.69) is 0 Å². The molecular formula is C22H19FN2O6. The zero-order valence-electron chi connectivity index (χ0n) is 16.5. The van der Waals surface area contributed by atoms with Crippen molar-refractivity contribution >= 4 is 17.8 Å². The van der Waals surface area contributed by atoms with E-state index in [4.69, 9.17) is 13.6 Å². The Morgan fingerprint density at radius 2 is 1.61 bits per heavy atom. The van der Waals surface area contributed by atoms with Gasteiger partial charge >= 0.3 is 5.97 Å². The lowest BCUT2D eigenvalue weighted by Crippen LogP contribution is -2.51. The fourth-order valence-corrected chi connectivity index (χ4v) is 3.22. The fourth-order valence-electron chi connectivity index (χ4n) is 3.22. The number of amides is 2. The van der Waals surface area contributed by atoms with Gasteiger partial charge in [0.1, 0.15) is 11.6 Å². The fraction of sp³-hybridized carbons (Fsp3) is 0.227. The molecule has 2 aromatic heterocycles. The van der Waals surface area contributed by atoms with E-state index in [1.807, 2.05) is 0 Å². The minimum Gasteiger partial charge on any atom is -0.459 e. The minimum atomic E-state index is -0.770. The van der Waals surface area contributed by atoms with Crippen molar-refractivity contribution in [2.24, 2.45) is 0 Å². The van der Waals surface area contributed by atoms with Crippen molar-refractivity contribution < 1.29 is 32.3 Å². The second-order valence-corrected chi connectivity index (χ2v) is 6.90. The molecule has 160 valence electrons. The van der Waals surface area contributed by atoms with Crippen molar-refractivity contribution in [2.75, 3.05) is 32.8 Å². The molecule has 1 aromatic carbocycles. The molecule has 8 nitrogen and oxygen atoms in total. The van der Waals surface area contributed by atoms with Gasteiger partial charge in [-0.25, -0.2) is 9.18 Å². The second kappa shape index (κ2) is 8.86. The van der Waals surface area contributed by atoms with E-state index in [-0.39, 0.29) is 29.2 Å². The highest BCUT2D eigenvalue weighted by Crippen LogP contribution is 2.23. The summed E-state index contributed by atoms with van der Waals surface area (Å²) in [5.41, 5.74) is 0.610. The van der Waals surface area contributed by atoms with E-state index in [0.29, 0.717) is 37.5 Å². The highest BCUT2D eigenvalue weighted by molar-refractivity contribution is 5.92. The van der Waals surface area contributed by atoms with E-state index in [1.165, 1.54) is 41.5 Å². The molecule has 0 radical (unpaired) electrons. The van der Waals surface area contributed by atoms with Gasteiger partial charge in [0.2, 0.25) is 5.76 Å². The lowest BCUT2D eigenvalue weighted by molar-refractivity contribution is -0.136. The van der Waals surface area contributed by atoms with Crippen molar-refractivity contribution in [3.05, 3.63) is 72.1 Å². The first-order chi connectivity index (χ1) is 15.0. The van der Waals surface area contributed by atoms with Crippen molar-refractivity contribution in [1.82, 2.24) is 9.80 Å². The number of benzene rings is 1. The maximum atomic E-state index is 13.0. The molecule has 3 aromatic rings. The second-order valence-electron chi connectivity index (χ2n) is 6.90. The number of halogens is 1. The summed E-state index contributed by atoms with van der Waals surface area (Å²) in [7, 11) is 0. The molecule has 2 amide bonds. The van der Waals surface area contributed by atoms with Gasteiger partial charge < -0.3 is 23.4 Å². The first-order valence-electron chi connectivity index (χ1n) is 9.65. The predicted octanol–water partition coefficient (Wildman–Crippen LogP) is 2.82. The van der Waals surface area contributed by atoms with E-state index in [9.17, 15) is 18.8 Å². The first-order valence-corrected chi connectivity index (χ1v) is 9.65. The van der Waals surface area contributed by atoms with Gasteiger partial charge in [0.15, 0.2) is 12.4 Å². The van der Waals surface area contributed by atoms with Gasteiger partial charge in [-0.3, -0.25) is 9.59 Å². The number of hydrogen-bond donors (Lipinski definition) is 0. The maximum absolute atomic E-state index is 13.0. The number of carbonyl (C=O) groups is 3. The molecule has 9 heteroatoms. The summed E-state index contributed by atoms with van der Waals surface area (Å²) in [6.45, 7) is 0.949. The average molecular weight is 426 g/mol. The van der Waals surface area contributed by atoms with Crippen molar-refractivity contribution in [2.45, 2.75) is 0 Å². The molecular weight excluding hydrogens is 407 g/mol. The number of carbonyl (C=O) groups excluding carboxylic acids is 3. The van der Waals surface area contributed by atoms with Crippen LogP contribution in [0.2, 0.25) is 0 Å². The Morgan fingerprint density at radius 3 is 2.29 bits per heavy atom. The normalized spacial score (nSPS) is 13.8. The van der Waals surface area contributed by atoms with E-state index >= 15 is 0 Å². The van der Waals surface area contributed by atoms with Crippen molar-refractivity contribution in [1.29, 1.82) is 0 Å². The first kappa shape index (κ1) is 20.4. The lowest BCUT2D eigenvalue weighted by atomic mass is 10.2. The smallest absolute Gasteiger partial charge is 0.374 e. The molecule has 1 fully saturated rings. The summed E-state index contributed by atoms with van der Waals surface area (Å²) in [4.78, 5) is 40.0. The average Bonchev–Trinajstić information content (AvgIpc) is 3.50. The number of furan rings is 2.